The zero-order valence-corrected chi connectivity index (χ0v) is 17.3. The number of rotatable bonds is 4. The fourth-order valence-corrected chi connectivity index (χ4v) is 3.81. The summed E-state index contributed by atoms with van der Waals surface area (Å²) in [5, 5.41) is 2.02. The van der Waals surface area contributed by atoms with Gasteiger partial charge >= 0.3 is 0 Å². The van der Waals surface area contributed by atoms with Gasteiger partial charge in [-0.25, -0.2) is 4.98 Å². The number of fused-ring (bicyclic) bond motifs is 2. The molecule has 31 heavy (non-hydrogen) atoms. The fraction of sp³-hybridized carbons (Fsp3) is 0.154. The maximum atomic E-state index is 11.0. The minimum absolute atomic E-state index is 0.343. The standard InChI is InChI=1S/C17H15N3O2.C9H10/c18-9-11-5-7-15(14-4-2-1-3-13(11)14)22-16-8-6-12(10-20-16)17(19)21;1-2-5-9-7-3-6-8(9)4-1/h1-8,10H,9,18H2,(H2,19,21);1-2,4-5H,3,6-7H2. The van der Waals surface area contributed by atoms with E-state index in [1.807, 2.05) is 36.4 Å². The molecule has 156 valence electrons. The summed E-state index contributed by atoms with van der Waals surface area (Å²) in [6.45, 7) is 0.465. The highest BCUT2D eigenvalue weighted by atomic mass is 16.5. The Labute approximate surface area is 181 Å². The zero-order valence-electron chi connectivity index (χ0n) is 17.3. The van der Waals surface area contributed by atoms with E-state index < -0.39 is 5.91 Å². The normalized spacial score (nSPS) is 12.0. The predicted octanol–water partition coefficient (Wildman–Crippen LogP) is 4.76. The van der Waals surface area contributed by atoms with Gasteiger partial charge in [-0.2, -0.15) is 0 Å². The number of aromatic nitrogens is 1. The first-order chi connectivity index (χ1) is 15.2. The lowest BCUT2D eigenvalue weighted by atomic mass is 10.0. The quantitative estimate of drug-likeness (QED) is 0.506. The van der Waals surface area contributed by atoms with Crippen molar-refractivity contribution in [1.29, 1.82) is 0 Å². The van der Waals surface area contributed by atoms with Gasteiger partial charge in [0.2, 0.25) is 11.8 Å². The smallest absolute Gasteiger partial charge is 0.250 e. The van der Waals surface area contributed by atoms with Crippen LogP contribution in [0.2, 0.25) is 0 Å². The van der Waals surface area contributed by atoms with E-state index in [1.165, 1.54) is 25.5 Å². The molecule has 0 unspecified atom stereocenters. The molecule has 1 amide bonds. The van der Waals surface area contributed by atoms with Crippen LogP contribution in [0.25, 0.3) is 10.8 Å². The minimum atomic E-state index is -0.517. The first-order valence-corrected chi connectivity index (χ1v) is 10.4. The van der Waals surface area contributed by atoms with E-state index in [2.05, 4.69) is 29.2 Å². The lowest BCUT2D eigenvalue weighted by molar-refractivity contribution is 0.1000. The van der Waals surface area contributed by atoms with Crippen molar-refractivity contribution in [3.63, 3.8) is 0 Å². The third-order valence-corrected chi connectivity index (χ3v) is 5.44. The molecule has 5 heteroatoms. The number of hydrogen-bond donors (Lipinski definition) is 2. The van der Waals surface area contributed by atoms with Crippen LogP contribution in [0.1, 0.15) is 33.5 Å². The van der Waals surface area contributed by atoms with Crippen LogP contribution in [0, 0.1) is 0 Å². The number of benzene rings is 3. The van der Waals surface area contributed by atoms with Crippen LogP contribution < -0.4 is 16.2 Å². The monoisotopic (exact) mass is 411 g/mol. The Morgan fingerprint density at radius 1 is 0.871 bits per heavy atom. The molecule has 1 aliphatic carbocycles. The van der Waals surface area contributed by atoms with Gasteiger partial charge in [-0.3, -0.25) is 4.79 Å². The third kappa shape index (κ3) is 4.73. The van der Waals surface area contributed by atoms with Gasteiger partial charge in [-0.05, 0) is 53.5 Å². The summed E-state index contributed by atoms with van der Waals surface area (Å²) < 4.78 is 5.82. The van der Waals surface area contributed by atoms with E-state index >= 15 is 0 Å². The Kier molecular flexibility index (Phi) is 6.24. The molecule has 4 aromatic rings. The molecule has 5 nitrogen and oxygen atoms in total. The summed E-state index contributed by atoms with van der Waals surface area (Å²) in [5.41, 5.74) is 15.5. The van der Waals surface area contributed by atoms with Crippen molar-refractivity contribution in [3.8, 4) is 11.6 Å². The van der Waals surface area contributed by atoms with Crippen LogP contribution in [-0.2, 0) is 19.4 Å². The molecule has 0 spiro atoms. The van der Waals surface area contributed by atoms with Gasteiger partial charge in [0.25, 0.3) is 0 Å². The fourth-order valence-electron chi connectivity index (χ4n) is 3.81. The molecule has 3 aromatic carbocycles. The van der Waals surface area contributed by atoms with Crippen LogP contribution in [0.15, 0.2) is 79.0 Å². The van der Waals surface area contributed by atoms with Crippen molar-refractivity contribution in [2.24, 2.45) is 11.5 Å². The average molecular weight is 412 g/mol. The van der Waals surface area contributed by atoms with Crippen molar-refractivity contribution < 1.29 is 9.53 Å². The number of carbonyl (C=O) groups is 1. The Morgan fingerprint density at radius 3 is 2.16 bits per heavy atom. The SMILES string of the molecule is NCc1ccc(Oc2ccc(C(N)=O)cn2)c2ccccc12.c1ccc2c(c1)CCC2. The second-order valence-electron chi connectivity index (χ2n) is 7.45. The van der Waals surface area contributed by atoms with Crippen LogP contribution in [0.4, 0.5) is 0 Å². The van der Waals surface area contributed by atoms with Crippen molar-refractivity contribution in [2.75, 3.05) is 0 Å². The average Bonchev–Trinajstić information content (AvgIpc) is 3.29. The molecule has 4 N–H and O–H groups in total. The van der Waals surface area contributed by atoms with Gasteiger partial charge in [0.05, 0.1) is 5.56 Å². The molecule has 0 saturated carbocycles. The molecule has 1 heterocycles. The molecule has 0 radical (unpaired) electrons. The molecule has 0 bridgehead atoms. The number of amides is 1. The van der Waals surface area contributed by atoms with E-state index in [0.717, 1.165) is 16.3 Å². The number of primary amides is 1. The summed E-state index contributed by atoms with van der Waals surface area (Å²) in [6.07, 6.45) is 5.36. The molecular weight excluding hydrogens is 386 g/mol. The Bertz CT molecular complexity index is 1180. The number of aryl methyl sites for hydroxylation is 2. The van der Waals surface area contributed by atoms with Gasteiger partial charge < -0.3 is 16.2 Å². The van der Waals surface area contributed by atoms with Crippen LogP contribution in [0.3, 0.4) is 0 Å². The Balaban J connectivity index is 0.000000212. The van der Waals surface area contributed by atoms with Gasteiger partial charge in [-0.15, -0.1) is 0 Å². The molecule has 1 aromatic heterocycles. The summed E-state index contributed by atoms with van der Waals surface area (Å²) in [5.74, 6) is 0.569. The van der Waals surface area contributed by atoms with E-state index in [9.17, 15) is 4.79 Å². The van der Waals surface area contributed by atoms with Gasteiger partial charge in [0.1, 0.15) is 5.75 Å². The van der Waals surface area contributed by atoms with Crippen molar-refractivity contribution in [1.82, 2.24) is 4.98 Å². The molecule has 0 atom stereocenters. The molecule has 1 aliphatic rings. The minimum Gasteiger partial charge on any atom is -0.438 e. The molecule has 0 fully saturated rings. The zero-order chi connectivity index (χ0) is 21.6. The van der Waals surface area contributed by atoms with Crippen molar-refractivity contribution >= 4 is 16.7 Å². The number of nitrogens with two attached hydrogens (primary N) is 2. The number of pyridine rings is 1. The molecule has 5 rings (SSSR count). The van der Waals surface area contributed by atoms with E-state index in [-0.39, 0.29) is 0 Å². The Morgan fingerprint density at radius 2 is 1.55 bits per heavy atom. The lowest BCUT2D eigenvalue weighted by Crippen LogP contribution is -2.10. The second kappa shape index (κ2) is 9.41. The third-order valence-electron chi connectivity index (χ3n) is 5.44. The summed E-state index contributed by atoms with van der Waals surface area (Å²) in [6, 6.07) is 23.6. The highest BCUT2D eigenvalue weighted by Gasteiger charge is 2.09. The number of carbonyl (C=O) groups excluding carboxylic acids is 1. The number of hydrogen-bond acceptors (Lipinski definition) is 4. The largest absolute Gasteiger partial charge is 0.438 e. The van der Waals surface area contributed by atoms with Crippen LogP contribution in [0.5, 0.6) is 11.6 Å². The van der Waals surface area contributed by atoms with Gasteiger partial charge in [0, 0.05) is 24.2 Å². The van der Waals surface area contributed by atoms with Crippen molar-refractivity contribution in [2.45, 2.75) is 25.8 Å². The van der Waals surface area contributed by atoms with Crippen LogP contribution in [-0.4, -0.2) is 10.9 Å². The predicted molar refractivity (Wildman–Crippen MR) is 123 cm³/mol. The second-order valence-corrected chi connectivity index (χ2v) is 7.45. The van der Waals surface area contributed by atoms with Gasteiger partial charge in [-0.1, -0.05) is 54.6 Å². The summed E-state index contributed by atoms with van der Waals surface area (Å²) in [7, 11) is 0. The Hall–Kier alpha value is -3.70. The van der Waals surface area contributed by atoms with Crippen LogP contribution >= 0.6 is 0 Å². The summed E-state index contributed by atoms with van der Waals surface area (Å²) >= 11 is 0. The first-order valence-electron chi connectivity index (χ1n) is 10.4. The van der Waals surface area contributed by atoms with Gasteiger partial charge in [0.15, 0.2) is 0 Å². The number of nitrogens with zero attached hydrogens (tertiary/aromatic N) is 1. The van der Waals surface area contributed by atoms with E-state index in [0.29, 0.717) is 23.7 Å². The highest BCUT2D eigenvalue weighted by molar-refractivity contribution is 5.92. The molecule has 0 aliphatic heterocycles. The maximum Gasteiger partial charge on any atom is 0.250 e. The van der Waals surface area contributed by atoms with Crippen molar-refractivity contribution in [3.05, 3.63) is 101 Å². The van der Waals surface area contributed by atoms with E-state index in [1.54, 1.807) is 23.3 Å². The highest BCUT2D eigenvalue weighted by Crippen LogP contribution is 2.31. The topological polar surface area (TPSA) is 91.2 Å². The summed E-state index contributed by atoms with van der Waals surface area (Å²) in [4.78, 5) is 15.1. The number of ether oxygens (including phenoxy) is 1. The lowest BCUT2D eigenvalue weighted by Gasteiger charge is -2.11. The molecule has 0 saturated heterocycles. The van der Waals surface area contributed by atoms with E-state index in [4.69, 9.17) is 16.2 Å². The maximum absolute atomic E-state index is 11.0. The molecular formula is C26H25N3O2. The first kappa shape index (κ1) is 20.6.